The standard InChI is InChI=1S/C17H26N2OS.ClH/c1-2-21-15-10-6-9-14(11-15)19-17(20)12-16(18)13-7-4-3-5-8-13;/h3-5,7-8,14-16H,2,6,9-12,18H2,1H3,(H,19,20);1H. The van der Waals surface area contributed by atoms with E-state index >= 15 is 0 Å². The second-order valence-electron chi connectivity index (χ2n) is 5.73. The molecule has 3 N–H and O–H groups in total. The van der Waals surface area contributed by atoms with Crippen LogP contribution in [0.1, 0.15) is 50.6 Å². The predicted octanol–water partition coefficient (Wildman–Crippen LogP) is 3.68. The van der Waals surface area contributed by atoms with Gasteiger partial charge >= 0.3 is 0 Å². The first-order valence-electron chi connectivity index (χ1n) is 7.90. The number of carbonyl (C=O) groups excluding carboxylic acids is 1. The van der Waals surface area contributed by atoms with Crippen LogP contribution in [0.3, 0.4) is 0 Å². The third kappa shape index (κ3) is 6.19. The zero-order valence-corrected chi connectivity index (χ0v) is 14.8. The van der Waals surface area contributed by atoms with Crippen molar-refractivity contribution in [2.45, 2.75) is 56.4 Å². The van der Waals surface area contributed by atoms with Gasteiger partial charge in [0.15, 0.2) is 0 Å². The van der Waals surface area contributed by atoms with Crippen LogP contribution in [0.25, 0.3) is 0 Å². The summed E-state index contributed by atoms with van der Waals surface area (Å²) >= 11 is 2.02. The number of hydrogen-bond acceptors (Lipinski definition) is 3. The number of nitrogens with one attached hydrogen (secondary N) is 1. The second-order valence-corrected chi connectivity index (χ2v) is 7.31. The number of nitrogens with two attached hydrogens (primary N) is 1. The van der Waals surface area contributed by atoms with Crippen molar-refractivity contribution < 1.29 is 4.79 Å². The number of hydrogen-bond donors (Lipinski definition) is 2. The molecular weight excluding hydrogens is 316 g/mol. The Kier molecular flexibility index (Phi) is 8.91. The Morgan fingerprint density at radius 2 is 2.09 bits per heavy atom. The van der Waals surface area contributed by atoms with Gasteiger partial charge in [-0.2, -0.15) is 11.8 Å². The zero-order chi connectivity index (χ0) is 15.1. The number of benzene rings is 1. The molecule has 0 radical (unpaired) electrons. The highest BCUT2D eigenvalue weighted by Crippen LogP contribution is 2.28. The lowest BCUT2D eigenvalue weighted by atomic mass is 9.94. The average molecular weight is 343 g/mol. The van der Waals surface area contributed by atoms with E-state index in [1.807, 2.05) is 42.1 Å². The molecule has 1 aromatic rings. The van der Waals surface area contributed by atoms with Crippen LogP contribution in [0.4, 0.5) is 0 Å². The smallest absolute Gasteiger partial charge is 0.222 e. The number of amides is 1. The third-order valence-corrected chi connectivity index (χ3v) is 5.26. The second kappa shape index (κ2) is 10.1. The Morgan fingerprint density at radius 1 is 1.36 bits per heavy atom. The van der Waals surface area contributed by atoms with Gasteiger partial charge in [-0.05, 0) is 30.6 Å². The van der Waals surface area contributed by atoms with E-state index in [9.17, 15) is 4.79 Å². The van der Waals surface area contributed by atoms with E-state index in [1.54, 1.807) is 0 Å². The van der Waals surface area contributed by atoms with E-state index in [-0.39, 0.29) is 24.4 Å². The Labute approximate surface area is 144 Å². The molecule has 124 valence electrons. The summed E-state index contributed by atoms with van der Waals surface area (Å²) in [5, 5.41) is 3.88. The Balaban J connectivity index is 0.00000242. The van der Waals surface area contributed by atoms with Gasteiger partial charge in [-0.3, -0.25) is 4.79 Å². The normalized spacial score (nSPS) is 22.5. The minimum absolute atomic E-state index is 0. The molecule has 1 aliphatic carbocycles. The van der Waals surface area contributed by atoms with E-state index < -0.39 is 0 Å². The molecule has 0 bridgehead atoms. The van der Waals surface area contributed by atoms with Crippen LogP contribution in [0.5, 0.6) is 0 Å². The van der Waals surface area contributed by atoms with Gasteiger partial charge in [0.1, 0.15) is 0 Å². The highest BCUT2D eigenvalue weighted by Gasteiger charge is 2.23. The highest BCUT2D eigenvalue weighted by atomic mass is 35.5. The summed E-state index contributed by atoms with van der Waals surface area (Å²) in [6, 6.07) is 9.96. The molecule has 0 heterocycles. The average Bonchev–Trinajstić information content (AvgIpc) is 2.48. The van der Waals surface area contributed by atoms with E-state index in [2.05, 4.69) is 12.2 Å². The van der Waals surface area contributed by atoms with E-state index in [0.717, 1.165) is 24.2 Å². The Hall–Kier alpha value is -0.710. The van der Waals surface area contributed by atoms with E-state index in [4.69, 9.17) is 5.73 Å². The van der Waals surface area contributed by atoms with Crippen LogP contribution in [0, 0.1) is 0 Å². The first kappa shape index (κ1) is 19.3. The van der Waals surface area contributed by atoms with Crippen LogP contribution >= 0.6 is 24.2 Å². The van der Waals surface area contributed by atoms with Crippen molar-refractivity contribution in [1.82, 2.24) is 5.32 Å². The summed E-state index contributed by atoms with van der Waals surface area (Å²) in [4.78, 5) is 12.2. The molecule has 3 nitrogen and oxygen atoms in total. The van der Waals surface area contributed by atoms with Gasteiger partial charge in [0.05, 0.1) is 0 Å². The lowest BCUT2D eigenvalue weighted by Crippen LogP contribution is -2.40. The third-order valence-electron chi connectivity index (χ3n) is 4.03. The SMILES string of the molecule is CCSC1CCCC(NC(=O)CC(N)c2ccccc2)C1.Cl. The first-order chi connectivity index (χ1) is 10.2. The molecule has 1 fully saturated rings. The number of rotatable bonds is 6. The lowest BCUT2D eigenvalue weighted by Gasteiger charge is -2.29. The fourth-order valence-electron chi connectivity index (χ4n) is 2.97. The Bertz CT molecular complexity index is 442. The molecule has 3 unspecified atom stereocenters. The molecule has 3 atom stereocenters. The predicted molar refractivity (Wildman–Crippen MR) is 97.6 cm³/mol. The van der Waals surface area contributed by atoms with Gasteiger partial charge in [0.25, 0.3) is 0 Å². The van der Waals surface area contributed by atoms with Gasteiger partial charge in [0, 0.05) is 23.8 Å². The lowest BCUT2D eigenvalue weighted by molar-refractivity contribution is -0.122. The maximum Gasteiger partial charge on any atom is 0.222 e. The fraction of sp³-hybridized carbons (Fsp3) is 0.588. The zero-order valence-electron chi connectivity index (χ0n) is 13.2. The number of halogens is 1. The van der Waals surface area contributed by atoms with Crippen molar-refractivity contribution in [3.8, 4) is 0 Å². The largest absolute Gasteiger partial charge is 0.353 e. The fourth-order valence-corrected chi connectivity index (χ4v) is 4.14. The summed E-state index contributed by atoms with van der Waals surface area (Å²) in [6.45, 7) is 2.20. The number of thioether (sulfide) groups is 1. The van der Waals surface area contributed by atoms with Crippen molar-refractivity contribution >= 4 is 30.1 Å². The molecule has 1 aromatic carbocycles. The molecule has 5 heteroatoms. The van der Waals surface area contributed by atoms with Crippen LogP contribution in [0.15, 0.2) is 30.3 Å². The molecule has 1 aliphatic rings. The summed E-state index contributed by atoms with van der Waals surface area (Å²) < 4.78 is 0. The van der Waals surface area contributed by atoms with Crippen LogP contribution < -0.4 is 11.1 Å². The Morgan fingerprint density at radius 3 is 2.77 bits per heavy atom. The van der Waals surface area contributed by atoms with E-state index in [1.165, 1.54) is 12.8 Å². The first-order valence-corrected chi connectivity index (χ1v) is 8.95. The molecule has 0 aliphatic heterocycles. The minimum Gasteiger partial charge on any atom is -0.353 e. The molecule has 2 rings (SSSR count). The van der Waals surface area contributed by atoms with Gasteiger partial charge in [0.2, 0.25) is 5.91 Å². The van der Waals surface area contributed by atoms with Gasteiger partial charge in [-0.25, -0.2) is 0 Å². The van der Waals surface area contributed by atoms with Crippen molar-refractivity contribution in [1.29, 1.82) is 0 Å². The van der Waals surface area contributed by atoms with Crippen LogP contribution in [-0.4, -0.2) is 23.0 Å². The van der Waals surface area contributed by atoms with E-state index in [0.29, 0.717) is 17.7 Å². The van der Waals surface area contributed by atoms with Crippen molar-refractivity contribution in [3.05, 3.63) is 35.9 Å². The summed E-state index contributed by atoms with van der Waals surface area (Å²) in [5.41, 5.74) is 7.13. The van der Waals surface area contributed by atoms with Crippen molar-refractivity contribution in [2.75, 3.05) is 5.75 Å². The molecule has 1 amide bonds. The summed E-state index contributed by atoms with van der Waals surface area (Å²) in [7, 11) is 0. The molecule has 0 aromatic heterocycles. The highest BCUT2D eigenvalue weighted by molar-refractivity contribution is 7.99. The van der Waals surface area contributed by atoms with Crippen LogP contribution in [-0.2, 0) is 4.79 Å². The van der Waals surface area contributed by atoms with Gasteiger partial charge in [-0.1, -0.05) is 43.7 Å². The molecular formula is C17H27ClN2OS. The quantitative estimate of drug-likeness (QED) is 0.829. The molecule has 1 saturated carbocycles. The maximum atomic E-state index is 12.2. The summed E-state index contributed by atoms with van der Waals surface area (Å²) in [6.07, 6.45) is 5.08. The topological polar surface area (TPSA) is 55.1 Å². The summed E-state index contributed by atoms with van der Waals surface area (Å²) in [5.74, 6) is 1.24. The maximum absolute atomic E-state index is 12.2. The van der Waals surface area contributed by atoms with Crippen molar-refractivity contribution in [3.63, 3.8) is 0 Å². The molecule has 0 saturated heterocycles. The van der Waals surface area contributed by atoms with Gasteiger partial charge in [-0.15, -0.1) is 12.4 Å². The molecule has 22 heavy (non-hydrogen) atoms. The minimum atomic E-state index is -0.212. The molecule has 0 spiro atoms. The number of carbonyl (C=O) groups is 1. The van der Waals surface area contributed by atoms with Gasteiger partial charge < -0.3 is 11.1 Å². The van der Waals surface area contributed by atoms with Crippen molar-refractivity contribution in [2.24, 2.45) is 5.73 Å². The monoisotopic (exact) mass is 342 g/mol. The van der Waals surface area contributed by atoms with Crippen LogP contribution in [0.2, 0.25) is 0 Å².